The average Bonchev–Trinajstić information content (AvgIpc) is 2.41. The Morgan fingerprint density at radius 3 is 2.40 bits per heavy atom. The van der Waals surface area contributed by atoms with E-state index in [1.807, 2.05) is 43.0 Å². The molecule has 0 amide bonds. The first kappa shape index (κ1) is 14.3. The summed E-state index contributed by atoms with van der Waals surface area (Å²) >= 11 is 5.97. The lowest BCUT2D eigenvalue weighted by atomic mass is 10.2. The zero-order valence-corrected chi connectivity index (χ0v) is 12.1. The van der Waals surface area contributed by atoms with Gasteiger partial charge in [-0.15, -0.1) is 0 Å². The van der Waals surface area contributed by atoms with Crippen LogP contribution in [0.25, 0.3) is 0 Å². The molecule has 2 aromatic rings. The summed E-state index contributed by atoms with van der Waals surface area (Å²) in [6.07, 6.45) is 0. The molecule has 0 heterocycles. The number of hydrogen-bond donors (Lipinski definition) is 0. The number of aryl methyl sites for hydroxylation is 1. The molecule has 4 nitrogen and oxygen atoms in total. The maximum Gasteiger partial charge on any atom is 0.311 e. The molecule has 0 spiro atoms. The van der Waals surface area contributed by atoms with Gasteiger partial charge in [0.15, 0.2) is 0 Å². The number of nitro groups is 1. The largest absolute Gasteiger partial charge is 0.336 e. The number of anilines is 2. The number of benzene rings is 2. The van der Waals surface area contributed by atoms with E-state index in [4.69, 9.17) is 11.6 Å². The molecule has 2 rings (SSSR count). The molecule has 0 aromatic heterocycles. The molecule has 0 aliphatic heterocycles. The SMILES string of the molecule is CCN(c1ccc(C)cc1)c1cccc(Cl)c1[N+](=O)[O-]. The molecular weight excluding hydrogens is 276 g/mol. The maximum absolute atomic E-state index is 11.2. The van der Waals surface area contributed by atoms with Gasteiger partial charge in [0.05, 0.1) is 4.92 Å². The predicted octanol–water partition coefficient (Wildman–Crippen LogP) is 4.71. The van der Waals surface area contributed by atoms with Crippen molar-refractivity contribution in [3.63, 3.8) is 0 Å². The van der Waals surface area contributed by atoms with Gasteiger partial charge >= 0.3 is 5.69 Å². The number of nitrogens with zero attached hydrogens (tertiary/aromatic N) is 2. The quantitative estimate of drug-likeness (QED) is 0.605. The third kappa shape index (κ3) is 2.75. The van der Waals surface area contributed by atoms with Crippen LogP contribution in [0, 0.1) is 17.0 Å². The van der Waals surface area contributed by atoms with Crippen molar-refractivity contribution in [1.82, 2.24) is 0 Å². The molecule has 0 N–H and O–H groups in total. The smallest absolute Gasteiger partial charge is 0.311 e. The molecule has 0 saturated carbocycles. The minimum atomic E-state index is -0.436. The molecule has 0 aliphatic rings. The van der Waals surface area contributed by atoms with Gasteiger partial charge in [-0.1, -0.05) is 35.4 Å². The summed E-state index contributed by atoms with van der Waals surface area (Å²) < 4.78 is 0. The van der Waals surface area contributed by atoms with Crippen molar-refractivity contribution in [3.8, 4) is 0 Å². The molecule has 0 bridgehead atoms. The molecule has 0 aliphatic carbocycles. The van der Waals surface area contributed by atoms with Gasteiger partial charge in [0.1, 0.15) is 10.7 Å². The van der Waals surface area contributed by atoms with Crippen molar-refractivity contribution in [2.75, 3.05) is 11.4 Å². The van der Waals surface area contributed by atoms with Crippen LogP contribution in [0.2, 0.25) is 5.02 Å². The van der Waals surface area contributed by atoms with E-state index < -0.39 is 4.92 Å². The number of hydrogen-bond acceptors (Lipinski definition) is 3. The Hall–Kier alpha value is -2.07. The zero-order valence-electron chi connectivity index (χ0n) is 11.3. The van der Waals surface area contributed by atoms with Gasteiger partial charge in [-0.25, -0.2) is 0 Å². The Balaban J connectivity index is 2.55. The molecule has 5 heteroatoms. The standard InChI is InChI=1S/C15H15ClN2O2/c1-3-17(12-9-7-11(2)8-10-12)14-6-4-5-13(16)15(14)18(19)20/h4-10H,3H2,1-2H3. The Bertz CT molecular complexity index is 626. The van der Waals surface area contributed by atoms with Gasteiger partial charge in [-0.05, 0) is 38.1 Å². The van der Waals surface area contributed by atoms with Crippen LogP contribution in [0.5, 0.6) is 0 Å². The highest BCUT2D eigenvalue weighted by atomic mass is 35.5. The highest BCUT2D eigenvalue weighted by Gasteiger charge is 2.23. The molecule has 0 unspecified atom stereocenters. The van der Waals surface area contributed by atoms with E-state index in [1.54, 1.807) is 12.1 Å². The lowest BCUT2D eigenvalue weighted by Crippen LogP contribution is -2.17. The van der Waals surface area contributed by atoms with Crippen molar-refractivity contribution in [1.29, 1.82) is 0 Å². The first-order valence-corrected chi connectivity index (χ1v) is 6.69. The van der Waals surface area contributed by atoms with E-state index in [1.165, 1.54) is 6.07 Å². The number of para-hydroxylation sites is 1. The van der Waals surface area contributed by atoms with E-state index in [-0.39, 0.29) is 10.7 Å². The van der Waals surface area contributed by atoms with Crippen molar-refractivity contribution in [3.05, 3.63) is 63.2 Å². The average molecular weight is 291 g/mol. The molecule has 0 radical (unpaired) electrons. The van der Waals surface area contributed by atoms with E-state index in [0.717, 1.165) is 11.3 Å². The number of nitro benzene ring substituents is 1. The molecule has 2 aromatic carbocycles. The lowest BCUT2D eigenvalue weighted by molar-refractivity contribution is -0.383. The number of halogens is 1. The van der Waals surface area contributed by atoms with Crippen LogP contribution < -0.4 is 4.90 Å². The van der Waals surface area contributed by atoms with Crippen LogP contribution in [-0.4, -0.2) is 11.5 Å². The summed E-state index contributed by atoms with van der Waals surface area (Å²) in [6.45, 7) is 4.57. The van der Waals surface area contributed by atoms with Gasteiger partial charge in [0.25, 0.3) is 0 Å². The summed E-state index contributed by atoms with van der Waals surface area (Å²) in [5, 5.41) is 11.4. The van der Waals surface area contributed by atoms with Crippen LogP contribution >= 0.6 is 11.6 Å². The summed E-state index contributed by atoms with van der Waals surface area (Å²) in [5.74, 6) is 0. The third-order valence-corrected chi connectivity index (χ3v) is 3.41. The molecule has 104 valence electrons. The minimum Gasteiger partial charge on any atom is -0.336 e. The second-order valence-corrected chi connectivity index (χ2v) is 4.85. The van der Waals surface area contributed by atoms with Crippen LogP contribution in [0.4, 0.5) is 17.1 Å². The fourth-order valence-corrected chi connectivity index (χ4v) is 2.36. The first-order chi connectivity index (χ1) is 9.54. The highest BCUT2D eigenvalue weighted by Crippen LogP contribution is 2.38. The normalized spacial score (nSPS) is 10.3. The van der Waals surface area contributed by atoms with E-state index in [9.17, 15) is 10.1 Å². The van der Waals surface area contributed by atoms with Gasteiger partial charge in [0.2, 0.25) is 0 Å². The summed E-state index contributed by atoms with van der Waals surface area (Å²) in [6, 6.07) is 12.8. The molecule has 20 heavy (non-hydrogen) atoms. The topological polar surface area (TPSA) is 46.4 Å². The Kier molecular flexibility index (Phi) is 4.25. The summed E-state index contributed by atoms with van der Waals surface area (Å²) in [5.41, 5.74) is 2.50. The molecule has 0 saturated heterocycles. The minimum absolute atomic E-state index is 0.0587. The Morgan fingerprint density at radius 1 is 1.20 bits per heavy atom. The van der Waals surface area contributed by atoms with E-state index in [2.05, 4.69) is 0 Å². The van der Waals surface area contributed by atoms with Crippen molar-refractivity contribution in [2.45, 2.75) is 13.8 Å². The monoisotopic (exact) mass is 290 g/mol. The van der Waals surface area contributed by atoms with Gasteiger partial charge in [0, 0.05) is 12.2 Å². The fraction of sp³-hybridized carbons (Fsp3) is 0.200. The van der Waals surface area contributed by atoms with Crippen LogP contribution in [-0.2, 0) is 0 Å². The predicted molar refractivity (Wildman–Crippen MR) is 82.0 cm³/mol. The van der Waals surface area contributed by atoms with E-state index in [0.29, 0.717) is 12.2 Å². The van der Waals surface area contributed by atoms with Crippen LogP contribution in [0.3, 0.4) is 0 Å². The van der Waals surface area contributed by atoms with Gasteiger partial charge in [-0.2, -0.15) is 0 Å². The Morgan fingerprint density at radius 2 is 1.85 bits per heavy atom. The third-order valence-electron chi connectivity index (χ3n) is 3.10. The highest BCUT2D eigenvalue weighted by molar-refractivity contribution is 6.33. The maximum atomic E-state index is 11.2. The molecule has 0 fully saturated rings. The first-order valence-electron chi connectivity index (χ1n) is 6.31. The number of rotatable bonds is 4. The second-order valence-electron chi connectivity index (χ2n) is 4.44. The lowest BCUT2D eigenvalue weighted by Gasteiger charge is -2.23. The Labute approximate surface area is 122 Å². The molecule has 0 atom stereocenters. The van der Waals surface area contributed by atoms with Gasteiger partial charge in [-0.3, -0.25) is 10.1 Å². The van der Waals surface area contributed by atoms with Crippen LogP contribution in [0.1, 0.15) is 12.5 Å². The fourth-order valence-electron chi connectivity index (χ4n) is 2.12. The molecular formula is C15H15ClN2O2. The summed E-state index contributed by atoms with van der Waals surface area (Å²) in [7, 11) is 0. The van der Waals surface area contributed by atoms with Crippen molar-refractivity contribution >= 4 is 28.7 Å². The van der Waals surface area contributed by atoms with Crippen molar-refractivity contribution < 1.29 is 4.92 Å². The van der Waals surface area contributed by atoms with Crippen LogP contribution in [0.15, 0.2) is 42.5 Å². The van der Waals surface area contributed by atoms with Crippen molar-refractivity contribution in [2.24, 2.45) is 0 Å². The summed E-state index contributed by atoms with van der Waals surface area (Å²) in [4.78, 5) is 12.7. The van der Waals surface area contributed by atoms with Gasteiger partial charge < -0.3 is 4.90 Å². The zero-order chi connectivity index (χ0) is 14.7. The van der Waals surface area contributed by atoms with E-state index >= 15 is 0 Å². The second kappa shape index (κ2) is 5.92.